The largest absolute Gasteiger partial charge is 0.388 e. The highest BCUT2D eigenvalue weighted by molar-refractivity contribution is 8.44. The summed E-state index contributed by atoms with van der Waals surface area (Å²) in [6.07, 6.45) is -2.81. The number of fused-ring (bicyclic) bond motifs is 2. The quantitative estimate of drug-likeness (QED) is 0.127. The van der Waals surface area contributed by atoms with E-state index in [-0.39, 0.29) is 25.3 Å². The van der Waals surface area contributed by atoms with Crippen molar-refractivity contribution in [1.29, 1.82) is 0 Å². The van der Waals surface area contributed by atoms with E-state index in [1.54, 1.807) is 24.3 Å². The summed E-state index contributed by atoms with van der Waals surface area (Å²) in [5.74, 6) is 0.145. The highest BCUT2D eigenvalue weighted by Gasteiger charge is 2.45. The fraction of sp³-hybridized carbons (Fsp3) is 0.409. The molecule has 2 aliphatic heterocycles. The van der Waals surface area contributed by atoms with Gasteiger partial charge in [0.05, 0.1) is 29.9 Å². The van der Waals surface area contributed by atoms with Gasteiger partial charge in [-0.25, -0.2) is 29.1 Å². The van der Waals surface area contributed by atoms with Gasteiger partial charge in [-0.1, -0.05) is 36.6 Å². The average Bonchev–Trinajstić information content (AvgIpc) is 3.64. The van der Waals surface area contributed by atoms with Crippen LogP contribution in [0, 0.1) is 0 Å². The van der Waals surface area contributed by atoms with E-state index in [4.69, 9.17) is 28.8 Å². The summed E-state index contributed by atoms with van der Waals surface area (Å²) in [7, 11) is 0. The average molecular weight is 674 g/mol. The van der Waals surface area contributed by atoms with Crippen molar-refractivity contribution in [3.8, 4) is 0 Å². The van der Waals surface area contributed by atoms with E-state index in [0.717, 1.165) is 4.57 Å². The first-order valence-corrected chi connectivity index (χ1v) is 18.1. The van der Waals surface area contributed by atoms with Crippen molar-refractivity contribution in [1.82, 2.24) is 29.1 Å². The lowest BCUT2D eigenvalue weighted by molar-refractivity contribution is -0.112. The van der Waals surface area contributed by atoms with Crippen molar-refractivity contribution in [3.63, 3.8) is 0 Å². The van der Waals surface area contributed by atoms with Crippen LogP contribution in [0.2, 0.25) is 0 Å². The van der Waals surface area contributed by atoms with Crippen LogP contribution in [-0.4, -0.2) is 70.3 Å². The van der Waals surface area contributed by atoms with Crippen molar-refractivity contribution >= 4 is 66.0 Å². The Bertz CT molecular complexity index is 1820. The fourth-order valence-corrected chi connectivity index (χ4v) is 7.20. The van der Waals surface area contributed by atoms with Gasteiger partial charge in [-0.3, -0.25) is 27.5 Å². The van der Waals surface area contributed by atoms with E-state index >= 15 is 0 Å². The fourth-order valence-electron chi connectivity index (χ4n) is 4.94. The number of nitrogen functional groups attached to an aromatic ring is 1. The normalized spacial score (nSPS) is 28.7. The smallest absolute Gasteiger partial charge is 0.388 e. The Kier molecular flexibility index (Phi) is 8.42. The monoisotopic (exact) mass is 673 g/mol. The minimum atomic E-state index is -4.26. The van der Waals surface area contributed by atoms with Crippen molar-refractivity contribution in [2.24, 2.45) is 0 Å². The topological polar surface area (TPSA) is 225 Å². The van der Waals surface area contributed by atoms with Crippen molar-refractivity contribution in [2.45, 2.75) is 49.9 Å². The van der Waals surface area contributed by atoms with Crippen LogP contribution in [0.1, 0.15) is 25.3 Å². The molecule has 0 aliphatic carbocycles. The van der Waals surface area contributed by atoms with E-state index in [0.29, 0.717) is 22.1 Å². The number of hydrogen-bond donors (Lipinski definition) is 5. The standard InChI is InChI=1S/C22H25N7O10P2S2/c23-18-17-19(25-8-24-18)28(10-27-17)21-14(30)6-16(37-21)39-41(34,43)38-15-5-11(7-35-40(32,33)42)36-22(15)29-9-26-13-4-2-1-3-12(13)20(29)31/h1-4,8-11,14-16,21-22,30H,5-7H2,(H,34,43)(H2,23,24,25)(H2,32,33,42)/t11-,14?,15?,16+,21+,22+,41?/m0/s1. The van der Waals surface area contributed by atoms with Gasteiger partial charge in [0.15, 0.2) is 30.2 Å². The Labute approximate surface area is 252 Å². The number of nitrogens with zero attached hydrogens (tertiary/aromatic N) is 6. The molecular formula is C22H25N7O10P2S2. The first-order chi connectivity index (χ1) is 20.4. The van der Waals surface area contributed by atoms with Gasteiger partial charge in [0.1, 0.15) is 30.4 Å². The molecule has 2 aliphatic rings. The summed E-state index contributed by atoms with van der Waals surface area (Å²) in [5, 5.41) is 11.0. The molecule has 1 aromatic carbocycles. The minimum absolute atomic E-state index is 0.0372. The second kappa shape index (κ2) is 11.8. The first-order valence-electron chi connectivity index (χ1n) is 12.7. The number of aromatic nitrogens is 6. The van der Waals surface area contributed by atoms with Gasteiger partial charge in [-0.15, -0.1) is 0 Å². The highest BCUT2D eigenvalue weighted by atomic mass is 32.7. The molecule has 4 N–H and O–H groups in total. The molecule has 4 unspecified atom stereocenters. The third-order valence-corrected chi connectivity index (χ3v) is 9.21. The summed E-state index contributed by atoms with van der Waals surface area (Å²) in [5.41, 5.74) is 6.44. The number of para-hydroxylation sites is 1. The lowest BCUT2D eigenvalue weighted by Gasteiger charge is -2.25. The summed E-state index contributed by atoms with van der Waals surface area (Å²) >= 11 is 7.62. The third-order valence-electron chi connectivity index (χ3n) is 6.77. The molecule has 0 radical (unpaired) electrons. The molecule has 230 valence electrons. The molecule has 3 aromatic heterocycles. The molecule has 2 fully saturated rings. The molecule has 4 aromatic rings. The van der Waals surface area contributed by atoms with E-state index in [2.05, 4.69) is 44.4 Å². The van der Waals surface area contributed by atoms with Crippen LogP contribution < -0.4 is 11.3 Å². The van der Waals surface area contributed by atoms with E-state index < -0.39 is 56.2 Å². The summed E-state index contributed by atoms with van der Waals surface area (Å²) in [4.78, 5) is 39.2. The van der Waals surface area contributed by atoms with Crippen LogP contribution in [-0.2, 0) is 32.2 Å². The third kappa shape index (κ3) is 6.53. The number of rotatable bonds is 9. The Balaban J connectivity index is 1.21. The van der Waals surface area contributed by atoms with Crippen LogP contribution in [0.25, 0.3) is 22.1 Å². The van der Waals surface area contributed by atoms with Crippen molar-refractivity contribution in [2.75, 3.05) is 12.3 Å². The van der Waals surface area contributed by atoms with Gasteiger partial charge >= 0.3 is 13.6 Å². The molecule has 21 heteroatoms. The van der Waals surface area contributed by atoms with Crippen LogP contribution in [0.4, 0.5) is 5.82 Å². The number of nitrogens with two attached hydrogens (primary N) is 1. The van der Waals surface area contributed by atoms with E-state index in [9.17, 15) is 23.9 Å². The molecule has 6 rings (SSSR count). The van der Waals surface area contributed by atoms with E-state index in [1.165, 1.54) is 23.5 Å². The molecule has 2 saturated heterocycles. The lowest BCUT2D eigenvalue weighted by atomic mass is 10.2. The summed E-state index contributed by atoms with van der Waals surface area (Å²) in [6.45, 7) is -8.79. The minimum Gasteiger partial charge on any atom is -0.388 e. The Morgan fingerprint density at radius 3 is 2.58 bits per heavy atom. The molecule has 17 nitrogen and oxygen atoms in total. The van der Waals surface area contributed by atoms with Gasteiger partial charge in [0, 0.05) is 12.8 Å². The van der Waals surface area contributed by atoms with Gasteiger partial charge < -0.3 is 25.2 Å². The summed E-state index contributed by atoms with van der Waals surface area (Å²) < 4.78 is 55.6. The molecule has 0 spiro atoms. The van der Waals surface area contributed by atoms with Gasteiger partial charge in [-0.05, 0) is 12.1 Å². The second-order valence-corrected chi connectivity index (χ2v) is 15.3. The van der Waals surface area contributed by atoms with Crippen molar-refractivity contribution in [3.05, 3.63) is 53.6 Å². The number of hydrogen-bond acceptors (Lipinski definition) is 14. The maximum Gasteiger partial charge on any atom is 0.388 e. The Morgan fingerprint density at radius 2 is 1.79 bits per heavy atom. The predicted octanol–water partition coefficient (Wildman–Crippen LogP) is 2.20. The zero-order valence-electron chi connectivity index (χ0n) is 21.8. The SMILES string of the molecule is Nc1ncnc2c1ncn2[C@@H]1O[C@H](OP(=O)(S)OC2C[C@@H](COP(=O)(O)S)O[C@H]2n2cnc3ccccc3c2=O)CC1O. The Morgan fingerprint density at radius 1 is 1.02 bits per heavy atom. The van der Waals surface area contributed by atoms with Crippen LogP contribution in [0.3, 0.4) is 0 Å². The highest BCUT2D eigenvalue weighted by Crippen LogP contribution is 2.59. The zero-order valence-corrected chi connectivity index (χ0v) is 25.4. The molecular weight excluding hydrogens is 648 g/mol. The second-order valence-electron chi connectivity index (χ2n) is 9.70. The summed E-state index contributed by atoms with van der Waals surface area (Å²) in [6, 6.07) is 6.66. The number of aliphatic hydroxyl groups excluding tert-OH is 1. The number of benzene rings is 1. The number of thiol groups is 2. The molecule has 5 heterocycles. The van der Waals surface area contributed by atoms with Gasteiger partial charge in [-0.2, -0.15) is 0 Å². The van der Waals surface area contributed by atoms with Crippen LogP contribution in [0.5, 0.6) is 0 Å². The lowest BCUT2D eigenvalue weighted by Crippen LogP contribution is -2.31. The predicted molar refractivity (Wildman–Crippen MR) is 156 cm³/mol. The maximum atomic E-state index is 13.5. The zero-order chi connectivity index (χ0) is 30.5. The molecule has 0 bridgehead atoms. The number of anilines is 1. The Hall–Kier alpha value is -2.41. The van der Waals surface area contributed by atoms with Crippen LogP contribution in [0.15, 0.2) is 48.0 Å². The maximum absolute atomic E-state index is 13.5. The number of aliphatic hydroxyl groups is 1. The van der Waals surface area contributed by atoms with E-state index in [1.807, 2.05) is 0 Å². The molecule has 43 heavy (non-hydrogen) atoms. The van der Waals surface area contributed by atoms with Crippen LogP contribution >= 0.6 is 38.1 Å². The molecule has 0 amide bonds. The first kappa shape index (κ1) is 30.6. The molecule has 0 saturated carbocycles. The van der Waals surface area contributed by atoms with Gasteiger partial charge in [0.25, 0.3) is 5.56 Å². The number of imidazole rings is 1. The number of ether oxygens (including phenoxy) is 2. The van der Waals surface area contributed by atoms with Gasteiger partial charge in [0.2, 0.25) is 0 Å². The molecule has 8 atom stereocenters. The van der Waals surface area contributed by atoms with Crippen molar-refractivity contribution < 1.29 is 42.2 Å².